The normalized spacial score (nSPS) is 25.8. The van der Waals surface area contributed by atoms with Gasteiger partial charge in [0.15, 0.2) is 12.8 Å². The van der Waals surface area contributed by atoms with Gasteiger partial charge in [-0.2, -0.15) is 5.43 Å². The largest absolute Gasteiger partial charge is 0.769 e. The van der Waals surface area contributed by atoms with Gasteiger partial charge < -0.3 is 20.7 Å². The van der Waals surface area contributed by atoms with Gasteiger partial charge in [0.1, 0.15) is 11.4 Å². The first-order valence-corrected chi connectivity index (χ1v) is 10.4. The third kappa shape index (κ3) is 4.82. The number of aliphatic carboxylic acids is 1. The van der Waals surface area contributed by atoms with Crippen LogP contribution in [0, 0.1) is 34.1 Å². The topological polar surface area (TPSA) is 145 Å². The minimum Gasteiger partial charge on any atom is -0.769 e. The second-order valence-electron chi connectivity index (χ2n) is 8.44. The fourth-order valence-electron chi connectivity index (χ4n) is 4.67. The Labute approximate surface area is 180 Å². The number of carbonyl (C=O) groups is 1. The van der Waals surface area contributed by atoms with Gasteiger partial charge in [0, 0.05) is 12.1 Å². The molecule has 3 rings (SSSR count). The highest BCUT2D eigenvalue weighted by Gasteiger charge is 2.39. The number of hydrogen-bond donors (Lipinski definition) is 4. The highest BCUT2D eigenvalue weighted by Crippen LogP contribution is 2.42. The number of allylic oxidation sites excluding steroid dienone is 2. The van der Waals surface area contributed by atoms with Crippen LogP contribution in [-0.2, 0) is 4.79 Å². The molecule has 0 aliphatic heterocycles. The molecule has 10 nitrogen and oxygen atoms in total. The molecule has 0 saturated heterocycles. The number of hydrazone groups is 1. The SMILES string of the molecule is CC1CC/C(=[N+](\C)Nc2ccc(N([O-])[O-])cc2N(O)O)C2CCC(C(C)C(=O)O)C=C12. The molecule has 2 aliphatic carbocycles. The van der Waals surface area contributed by atoms with E-state index in [1.807, 2.05) is 11.7 Å². The van der Waals surface area contributed by atoms with E-state index >= 15 is 0 Å². The lowest BCUT2D eigenvalue weighted by Crippen LogP contribution is -2.38. The van der Waals surface area contributed by atoms with Gasteiger partial charge in [-0.1, -0.05) is 25.5 Å². The fraction of sp³-hybridized carbons (Fsp3) is 0.524. The van der Waals surface area contributed by atoms with Crippen LogP contribution in [0.15, 0.2) is 29.8 Å². The molecule has 0 amide bonds. The third-order valence-corrected chi connectivity index (χ3v) is 6.56. The number of fused-ring (bicyclic) bond motifs is 1. The Morgan fingerprint density at radius 3 is 2.58 bits per heavy atom. The molecule has 0 bridgehead atoms. The summed E-state index contributed by atoms with van der Waals surface area (Å²) in [5.74, 6) is -0.646. The Morgan fingerprint density at radius 2 is 1.97 bits per heavy atom. The first-order chi connectivity index (χ1) is 14.6. The third-order valence-electron chi connectivity index (χ3n) is 6.56. The van der Waals surface area contributed by atoms with E-state index in [-0.39, 0.29) is 28.4 Å². The Hall–Kier alpha value is -2.66. The second-order valence-corrected chi connectivity index (χ2v) is 8.44. The number of carboxylic acid groups (broad SMARTS) is 1. The highest BCUT2D eigenvalue weighted by atomic mass is 16.8. The zero-order chi connectivity index (χ0) is 22.9. The predicted octanol–water partition coefficient (Wildman–Crippen LogP) is 3.59. The van der Waals surface area contributed by atoms with Gasteiger partial charge in [0.25, 0.3) is 0 Å². The Bertz CT molecular complexity index is 898. The molecule has 0 radical (unpaired) electrons. The molecular weight excluding hydrogens is 404 g/mol. The summed E-state index contributed by atoms with van der Waals surface area (Å²) in [6.45, 7) is 3.92. The molecule has 0 spiro atoms. The number of nitrogens with one attached hydrogen (secondary N) is 1. The molecule has 1 fully saturated rings. The van der Waals surface area contributed by atoms with Crippen molar-refractivity contribution in [2.75, 3.05) is 22.9 Å². The van der Waals surface area contributed by atoms with E-state index in [2.05, 4.69) is 18.4 Å². The number of hydrogen-bond acceptors (Lipinski definition) is 8. The number of benzene rings is 1. The Morgan fingerprint density at radius 1 is 1.26 bits per heavy atom. The zero-order valence-corrected chi connectivity index (χ0v) is 17.9. The van der Waals surface area contributed by atoms with Crippen LogP contribution >= 0.6 is 0 Å². The van der Waals surface area contributed by atoms with Gasteiger partial charge in [-0.25, -0.2) is 0 Å². The van der Waals surface area contributed by atoms with E-state index in [1.165, 1.54) is 17.7 Å². The standard InChI is InChI=1S/C21H29N4O6/c1-12-4-9-19(16-7-5-14(10-17(12)16)13(2)21(26)27)23(3)22-18-8-6-15(24(28)29)11-20(18)25(30)31/h6,8,10-14,16,22,30-31H,4-5,7,9H2,1-3H3,(H,26,27)/q-1/b23-19-. The fourth-order valence-corrected chi connectivity index (χ4v) is 4.67. The number of rotatable bonds is 6. The van der Waals surface area contributed by atoms with Crippen LogP contribution in [0.2, 0.25) is 0 Å². The van der Waals surface area contributed by atoms with Crippen molar-refractivity contribution in [3.8, 4) is 0 Å². The molecule has 31 heavy (non-hydrogen) atoms. The Kier molecular flexibility index (Phi) is 6.85. The van der Waals surface area contributed by atoms with Crippen molar-refractivity contribution in [3.63, 3.8) is 0 Å². The molecule has 4 N–H and O–H groups in total. The summed E-state index contributed by atoms with van der Waals surface area (Å²) in [5, 5.41) is 49.7. The van der Waals surface area contributed by atoms with E-state index in [1.54, 1.807) is 6.92 Å². The first-order valence-electron chi connectivity index (χ1n) is 10.4. The van der Waals surface area contributed by atoms with Crippen LogP contribution in [-0.4, -0.2) is 38.9 Å². The van der Waals surface area contributed by atoms with Gasteiger partial charge in [0.05, 0.1) is 11.8 Å². The molecule has 4 unspecified atom stereocenters. The van der Waals surface area contributed by atoms with Gasteiger partial charge in [-0.3, -0.25) is 15.2 Å². The van der Waals surface area contributed by atoms with E-state index in [9.17, 15) is 30.7 Å². The lowest BCUT2D eigenvalue weighted by Gasteiger charge is -2.38. The molecule has 1 saturated carbocycles. The maximum Gasteiger partial charge on any atom is 0.306 e. The van der Waals surface area contributed by atoms with Gasteiger partial charge in [-0.05, 0) is 49.3 Å². The first kappa shape index (κ1) is 23.0. The molecule has 1 aromatic rings. The van der Waals surface area contributed by atoms with Crippen LogP contribution in [0.5, 0.6) is 0 Å². The number of carboxylic acids is 1. The molecular formula is C21H29N4O6-. The number of nitrogens with zero attached hydrogens (tertiary/aromatic N) is 3. The van der Waals surface area contributed by atoms with Crippen LogP contribution in [0.25, 0.3) is 0 Å². The molecule has 2 aliphatic rings. The summed E-state index contributed by atoms with van der Waals surface area (Å²) in [7, 11) is 1.83. The van der Waals surface area contributed by atoms with Gasteiger partial charge in [0.2, 0.25) is 0 Å². The van der Waals surface area contributed by atoms with Crippen molar-refractivity contribution in [1.29, 1.82) is 0 Å². The molecule has 4 atom stereocenters. The maximum atomic E-state index is 11.4. The van der Waals surface area contributed by atoms with Crippen molar-refractivity contribution in [3.05, 3.63) is 40.3 Å². The lowest BCUT2D eigenvalue weighted by atomic mass is 9.67. The quantitative estimate of drug-likeness (QED) is 0.300. The van der Waals surface area contributed by atoms with Crippen LogP contribution in [0.1, 0.15) is 39.5 Å². The molecule has 170 valence electrons. The molecule has 0 heterocycles. The smallest absolute Gasteiger partial charge is 0.306 e. The van der Waals surface area contributed by atoms with Crippen LogP contribution in [0.3, 0.4) is 0 Å². The summed E-state index contributed by atoms with van der Waals surface area (Å²) in [6.07, 6.45) is 5.55. The lowest BCUT2D eigenvalue weighted by molar-refractivity contribution is -0.468. The van der Waals surface area contributed by atoms with Gasteiger partial charge in [-0.15, -0.1) is 9.91 Å². The minimum absolute atomic E-state index is 0.0161. The van der Waals surface area contributed by atoms with Crippen molar-refractivity contribution in [1.82, 2.24) is 0 Å². The monoisotopic (exact) mass is 433 g/mol. The van der Waals surface area contributed by atoms with E-state index in [4.69, 9.17) is 0 Å². The Balaban J connectivity index is 1.91. The average molecular weight is 433 g/mol. The van der Waals surface area contributed by atoms with E-state index < -0.39 is 17.1 Å². The maximum absolute atomic E-state index is 11.4. The van der Waals surface area contributed by atoms with Crippen molar-refractivity contribution < 1.29 is 25.0 Å². The van der Waals surface area contributed by atoms with Crippen LogP contribution in [0.4, 0.5) is 17.1 Å². The summed E-state index contributed by atoms with van der Waals surface area (Å²) < 4.78 is 1.83. The minimum atomic E-state index is -0.782. The van der Waals surface area contributed by atoms with Crippen molar-refractivity contribution in [2.45, 2.75) is 39.5 Å². The number of hydrazine groups is 1. The summed E-state index contributed by atoms with van der Waals surface area (Å²) >= 11 is 0. The van der Waals surface area contributed by atoms with E-state index in [0.29, 0.717) is 11.6 Å². The van der Waals surface area contributed by atoms with Gasteiger partial charge >= 0.3 is 5.97 Å². The summed E-state index contributed by atoms with van der Waals surface area (Å²) in [5.41, 5.74) is 5.41. The van der Waals surface area contributed by atoms with Crippen molar-refractivity contribution in [2.24, 2.45) is 23.7 Å². The highest BCUT2D eigenvalue weighted by molar-refractivity contribution is 5.87. The molecule has 0 aromatic heterocycles. The van der Waals surface area contributed by atoms with Crippen LogP contribution < -0.4 is 15.9 Å². The number of anilines is 3. The molecule has 1 aromatic carbocycles. The zero-order valence-electron chi connectivity index (χ0n) is 17.9. The summed E-state index contributed by atoms with van der Waals surface area (Å²) in [4.78, 5) is 11.4. The molecule has 10 heteroatoms. The predicted molar refractivity (Wildman–Crippen MR) is 116 cm³/mol. The average Bonchev–Trinajstić information content (AvgIpc) is 2.73. The summed E-state index contributed by atoms with van der Waals surface area (Å²) in [6, 6.07) is 3.80. The van der Waals surface area contributed by atoms with E-state index in [0.717, 1.165) is 37.5 Å². The second kappa shape index (κ2) is 9.23. The van der Waals surface area contributed by atoms with Crippen molar-refractivity contribution >= 4 is 28.7 Å².